The van der Waals surface area contributed by atoms with E-state index in [0.29, 0.717) is 17.3 Å². The number of hydrogen-bond acceptors (Lipinski definition) is 3. The van der Waals surface area contributed by atoms with E-state index in [1.54, 1.807) is 0 Å². The fourth-order valence-corrected chi connectivity index (χ4v) is 3.36. The Morgan fingerprint density at radius 1 is 1.52 bits per heavy atom. The third kappa shape index (κ3) is 4.89. The van der Waals surface area contributed by atoms with Gasteiger partial charge in [-0.2, -0.15) is 0 Å². The van der Waals surface area contributed by atoms with E-state index in [9.17, 15) is 9.59 Å². The molecule has 1 fully saturated rings. The maximum Gasteiger partial charge on any atom is 0.315 e. The third-order valence-electron chi connectivity index (χ3n) is 3.43. The highest BCUT2D eigenvalue weighted by molar-refractivity contribution is 7.16. The molecule has 2 N–H and O–H groups in total. The van der Waals surface area contributed by atoms with Gasteiger partial charge in [-0.05, 0) is 31.9 Å². The predicted octanol–water partition coefficient (Wildman–Crippen LogP) is 2.77. The summed E-state index contributed by atoms with van der Waals surface area (Å²) in [6.45, 7) is 4.05. The van der Waals surface area contributed by atoms with Gasteiger partial charge in [-0.1, -0.05) is 11.6 Å². The van der Waals surface area contributed by atoms with Crippen LogP contribution in [0.3, 0.4) is 0 Å². The van der Waals surface area contributed by atoms with E-state index >= 15 is 0 Å². The van der Waals surface area contributed by atoms with E-state index in [0.717, 1.165) is 30.8 Å². The summed E-state index contributed by atoms with van der Waals surface area (Å²) in [7, 11) is 0. The maximum absolute atomic E-state index is 11.8. The van der Waals surface area contributed by atoms with Crippen LogP contribution in [0.1, 0.15) is 37.1 Å². The molecule has 0 unspecified atom stereocenters. The van der Waals surface area contributed by atoms with Gasteiger partial charge in [0.05, 0.1) is 10.4 Å². The topological polar surface area (TPSA) is 61.4 Å². The highest BCUT2D eigenvalue weighted by Gasteiger charge is 2.19. The summed E-state index contributed by atoms with van der Waals surface area (Å²) < 4.78 is 0.717. The third-order valence-corrected chi connectivity index (χ3v) is 4.84. The van der Waals surface area contributed by atoms with Crippen LogP contribution < -0.4 is 10.6 Å². The Labute approximate surface area is 133 Å². The van der Waals surface area contributed by atoms with Crippen LogP contribution in [0.5, 0.6) is 0 Å². The van der Waals surface area contributed by atoms with E-state index in [2.05, 4.69) is 10.6 Å². The SMILES string of the molecule is C[C@H](NC(=O)NCCCN1CCCC1=O)c1ccc(Cl)s1. The molecule has 3 amide bonds. The van der Waals surface area contributed by atoms with Crippen molar-refractivity contribution in [3.63, 3.8) is 0 Å². The zero-order valence-electron chi connectivity index (χ0n) is 12.0. The molecule has 21 heavy (non-hydrogen) atoms. The van der Waals surface area contributed by atoms with Gasteiger partial charge in [-0.25, -0.2) is 4.79 Å². The van der Waals surface area contributed by atoms with E-state index < -0.39 is 0 Å². The molecule has 2 heterocycles. The van der Waals surface area contributed by atoms with Gasteiger partial charge in [0.1, 0.15) is 0 Å². The van der Waals surface area contributed by atoms with E-state index in [4.69, 9.17) is 11.6 Å². The van der Waals surface area contributed by atoms with Crippen LogP contribution in [0.25, 0.3) is 0 Å². The molecule has 7 heteroatoms. The van der Waals surface area contributed by atoms with Gasteiger partial charge in [-0.15, -0.1) is 11.3 Å². The largest absolute Gasteiger partial charge is 0.343 e. The molecule has 1 atom stereocenters. The fraction of sp³-hybridized carbons (Fsp3) is 0.571. The first-order valence-electron chi connectivity index (χ1n) is 7.13. The molecule has 0 saturated carbocycles. The normalized spacial score (nSPS) is 16.1. The van der Waals surface area contributed by atoms with Gasteiger partial charge in [0, 0.05) is 30.9 Å². The molecular weight excluding hydrogens is 310 g/mol. The van der Waals surface area contributed by atoms with Gasteiger partial charge < -0.3 is 15.5 Å². The lowest BCUT2D eigenvalue weighted by molar-refractivity contribution is -0.127. The van der Waals surface area contributed by atoms with E-state index in [1.807, 2.05) is 24.0 Å². The minimum absolute atomic E-state index is 0.0670. The highest BCUT2D eigenvalue weighted by atomic mass is 35.5. The van der Waals surface area contributed by atoms with Crippen molar-refractivity contribution in [2.24, 2.45) is 0 Å². The van der Waals surface area contributed by atoms with Crippen molar-refractivity contribution in [2.45, 2.75) is 32.2 Å². The molecule has 0 aliphatic carbocycles. The van der Waals surface area contributed by atoms with Crippen LogP contribution in [0.2, 0.25) is 4.34 Å². The number of nitrogens with one attached hydrogen (secondary N) is 2. The first kappa shape index (κ1) is 16.1. The lowest BCUT2D eigenvalue weighted by Crippen LogP contribution is -2.38. The fourth-order valence-electron chi connectivity index (χ4n) is 2.29. The first-order chi connectivity index (χ1) is 10.1. The average Bonchev–Trinajstić information content (AvgIpc) is 3.04. The minimum Gasteiger partial charge on any atom is -0.343 e. The molecule has 0 radical (unpaired) electrons. The number of halogens is 1. The number of thiophene rings is 1. The number of urea groups is 1. The maximum atomic E-state index is 11.8. The summed E-state index contributed by atoms with van der Waals surface area (Å²) in [5.74, 6) is 0.225. The number of nitrogens with zero attached hydrogens (tertiary/aromatic N) is 1. The van der Waals surface area contributed by atoms with Crippen LogP contribution >= 0.6 is 22.9 Å². The second-order valence-corrected chi connectivity index (χ2v) is 6.85. The zero-order valence-corrected chi connectivity index (χ0v) is 13.6. The Bertz CT molecular complexity index is 506. The van der Waals surface area contributed by atoms with Gasteiger partial charge in [-0.3, -0.25) is 4.79 Å². The molecule has 1 aliphatic rings. The Morgan fingerprint density at radius 2 is 2.33 bits per heavy atom. The summed E-state index contributed by atoms with van der Waals surface area (Å²) in [6, 6.07) is 3.48. The van der Waals surface area contributed by atoms with Crippen LogP contribution in [0.15, 0.2) is 12.1 Å². The van der Waals surface area contributed by atoms with Gasteiger partial charge >= 0.3 is 6.03 Å². The Morgan fingerprint density at radius 3 is 2.95 bits per heavy atom. The minimum atomic E-state index is -0.195. The van der Waals surface area contributed by atoms with E-state index in [1.165, 1.54) is 11.3 Å². The number of rotatable bonds is 6. The molecule has 5 nitrogen and oxygen atoms in total. The molecule has 1 saturated heterocycles. The summed E-state index contributed by atoms with van der Waals surface area (Å²) in [4.78, 5) is 26.1. The van der Waals surface area contributed by atoms with Crippen LogP contribution in [0.4, 0.5) is 4.79 Å². The quantitative estimate of drug-likeness (QED) is 0.788. The van der Waals surface area contributed by atoms with Crippen molar-refractivity contribution in [3.05, 3.63) is 21.3 Å². The van der Waals surface area contributed by atoms with Crippen LogP contribution in [-0.4, -0.2) is 36.5 Å². The zero-order chi connectivity index (χ0) is 15.2. The monoisotopic (exact) mass is 329 g/mol. The van der Waals surface area contributed by atoms with Gasteiger partial charge in [0.15, 0.2) is 0 Å². The highest BCUT2D eigenvalue weighted by Crippen LogP contribution is 2.26. The first-order valence-corrected chi connectivity index (χ1v) is 8.33. The smallest absolute Gasteiger partial charge is 0.315 e. The number of hydrogen-bond donors (Lipinski definition) is 2. The van der Waals surface area contributed by atoms with Gasteiger partial charge in [0.25, 0.3) is 0 Å². The molecular formula is C14H20ClN3O2S. The van der Waals surface area contributed by atoms with E-state index in [-0.39, 0.29) is 18.0 Å². The molecule has 0 spiro atoms. The molecule has 1 aliphatic heterocycles. The van der Waals surface area contributed by atoms with Crippen molar-refractivity contribution in [3.8, 4) is 0 Å². The Balaban J connectivity index is 1.62. The molecule has 0 aromatic carbocycles. The molecule has 1 aromatic heterocycles. The van der Waals surface area contributed by atoms with Crippen molar-refractivity contribution >= 4 is 34.9 Å². The van der Waals surface area contributed by atoms with Crippen molar-refractivity contribution in [1.82, 2.24) is 15.5 Å². The molecule has 1 aromatic rings. The summed E-state index contributed by atoms with van der Waals surface area (Å²) in [5, 5.41) is 5.68. The van der Waals surface area contributed by atoms with Crippen LogP contribution in [0, 0.1) is 0 Å². The Hall–Kier alpha value is -1.27. The Kier molecular flexibility index (Phi) is 5.87. The molecule has 116 valence electrons. The number of likely N-dealkylation sites (tertiary alicyclic amines) is 1. The lowest BCUT2D eigenvalue weighted by atomic mass is 10.3. The number of carbonyl (C=O) groups excluding carboxylic acids is 2. The summed E-state index contributed by atoms with van der Waals surface area (Å²) in [5.41, 5.74) is 0. The lowest BCUT2D eigenvalue weighted by Gasteiger charge is -2.16. The van der Waals surface area contributed by atoms with Crippen molar-refractivity contribution in [1.29, 1.82) is 0 Å². The molecule has 0 bridgehead atoms. The van der Waals surface area contributed by atoms with Crippen molar-refractivity contribution < 1.29 is 9.59 Å². The summed E-state index contributed by atoms with van der Waals surface area (Å²) in [6.07, 6.45) is 2.39. The predicted molar refractivity (Wildman–Crippen MR) is 84.7 cm³/mol. The van der Waals surface area contributed by atoms with Crippen LogP contribution in [-0.2, 0) is 4.79 Å². The average molecular weight is 330 g/mol. The second-order valence-electron chi connectivity index (χ2n) is 5.10. The standard InChI is InChI=1S/C14H20ClN3O2S/c1-10(11-5-6-12(15)21-11)17-14(20)16-7-3-9-18-8-2-4-13(18)19/h5-6,10H,2-4,7-9H2,1H3,(H2,16,17,20)/t10-/m0/s1. The number of carbonyl (C=O) groups is 2. The van der Waals surface area contributed by atoms with Gasteiger partial charge in [0.2, 0.25) is 5.91 Å². The second kappa shape index (κ2) is 7.66. The summed E-state index contributed by atoms with van der Waals surface area (Å²) >= 11 is 7.34. The van der Waals surface area contributed by atoms with Crippen molar-refractivity contribution in [2.75, 3.05) is 19.6 Å². The number of amides is 3. The molecule has 2 rings (SSSR count).